The minimum atomic E-state index is -1.07. The maximum Gasteiger partial charge on any atom is 0.326 e. The molecule has 6 nitrogen and oxygen atoms in total. The number of carbonyl (C=O) groups excluding carboxylic acids is 1. The summed E-state index contributed by atoms with van der Waals surface area (Å²) in [6, 6.07) is -0.938. The highest BCUT2D eigenvalue weighted by molar-refractivity contribution is 5.85. The Hall–Kier alpha value is -1.59. The van der Waals surface area contributed by atoms with Gasteiger partial charge in [-0.25, -0.2) is 4.79 Å². The molecule has 1 amide bonds. The largest absolute Gasteiger partial charge is 0.481 e. The van der Waals surface area contributed by atoms with E-state index < -0.39 is 18.0 Å². The van der Waals surface area contributed by atoms with Crippen molar-refractivity contribution in [2.45, 2.75) is 58.9 Å². The Balaban J connectivity index is 5.16. The van der Waals surface area contributed by atoms with E-state index in [1.807, 2.05) is 20.8 Å². The second-order valence-corrected chi connectivity index (χ2v) is 4.83. The Labute approximate surface area is 119 Å². The van der Waals surface area contributed by atoms with Crippen LogP contribution in [0, 0.1) is 5.92 Å². The molecular weight excluding hydrogens is 262 g/mol. The molecule has 0 aliphatic carbocycles. The average molecular weight is 287 g/mol. The van der Waals surface area contributed by atoms with E-state index >= 15 is 0 Å². The zero-order valence-electron chi connectivity index (χ0n) is 12.5. The number of carbonyl (C=O) groups is 3. The molecule has 1 atom stereocenters. The van der Waals surface area contributed by atoms with Gasteiger partial charge in [0.05, 0.1) is 6.42 Å². The van der Waals surface area contributed by atoms with E-state index in [2.05, 4.69) is 0 Å². The van der Waals surface area contributed by atoms with Gasteiger partial charge in [-0.15, -0.1) is 0 Å². The van der Waals surface area contributed by atoms with Crippen LogP contribution in [-0.4, -0.2) is 45.5 Å². The summed E-state index contributed by atoms with van der Waals surface area (Å²) in [7, 11) is 0. The van der Waals surface area contributed by atoms with Gasteiger partial charge in [0.2, 0.25) is 5.91 Å². The van der Waals surface area contributed by atoms with Crippen molar-refractivity contribution in [3.63, 3.8) is 0 Å². The molecule has 0 saturated heterocycles. The molecule has 0 aliphatic rings. The van der Waals surface area contributed by atoms with E-state index in [-0.39, 0.29) is 24.8 Å². The molecule has 0 fully saturated rings. The predicted molar refractivity (Wildman–Crippen MR) is 74.4 cm³/mol. The normalized spacial score (nSPS) is 12.2. The van der Waals surface area contributed by atoms with Crippen molar-refractivity contribution in [2.24, 2.45) is 5.92 Å². The van der Waals surface area contributed by atoms with Crippen LogP contribution in [0.1, 0.15) is 52.9 Å². The first-order chi connectivity index (χ1) is 9.38. The molecule has 0 bridgehead atoms. The molecule has 20 heavy (non-hydrogen) atoms. The number of rotatable bonds is 10. The lowest BCUT2D eigenvalue weighted by molar-refractivity contribution is -0.153. The number of carboxylic acid groups (broad SMARTS) is 2. The Kier molecular flexibility index (Phi) is 8.59. The lowest BCUT2D eigenvalue weighted by atomic mass is 9.99. The molecule has 0 radical (unpaired) electrons. The van der Waals surface area contributed by atoms with E-state index in [4.69, 9.17) is 5.11 Å². The molecule has 2 N–H and O–H groups in total. The Bertz CT molecular complexity index is 338. The summed E-state index contributed by atoms with van der Waals surface area (Å²) < 4.78 is 0. The van der Waals surface area contributed by atoms with Crippen LogP contribution in [0.4, 0.5) is 0 Å². The molecule has 0 aliphatic heterocycles. The summed E-state index contributed by atoms with van der Waals surface area (Å²) in [5.74, 6) is -2.61. The van der Waals surface area contributed by atoms with Gasteiger partial charge in [-0.3, -0.25) is 9.59 Å². The Morgan fingerprint density at radius 2 is 1.60 bits per heavy atom. The van der Waals surface area contributed by atoms with Gasteiger partial charge in [0, 0.05) is 12.5 Å². The summed E-state index contributed by atoms with van der Waals surface area (Å²) in [5, 5.41) is 18.0. The summed E-state index contributed by atoms with van der Waals surface area (Å²) >= 11 is 0. The molecule has 6 heteroatoms. The fraction of sp³-hybridized carbons (Fsp3) is 0.786. The van der Waals surface area contributed by atoms with Crippen LogP contribution in [0.15, 0.2) is 0 Å². The van der Waals surface area contributed by atoms with Crippen molar-refractivity contribution >= 4 is 17.8 Å². The van der Waals surface area contributed by atoms with Gasteiger partial charge in [0.15, 0.2) is 0 Å². The second-order valence-electron chi connectivity index (χ2n) is 4.83. The molecular formula is C14H25NO5. The van der Waals surface area contributed by atoms with Gasteiger partial charge in [0.1, 0.15) is 6.04 Å². The lowest BCUT2D eigenvalue weighted by Gasteiger charge is -2.31. The van der Waals surface area contributed by atoms with Gasteiger partial charge >= 0.3 is 11.9 Å². The third-order valence-electron chi connectivity index (χ3n) is 3.41. The highest BCUT2D eigenvalue weighted by atomic mass is 16.4. The third kappa shape index (κ3) is 5.59. The van der Waals surface area contributed by atoms with Crippen LogP contribution < -0.4 is 0 Å². The maximum atomic E-state index is 12.4. The summed E-state index contributed by atoms with van der Waals surface area (Å²) in [4.78, 5) is 35.7. The van der Waals surface area contributed by atoms with Gasteiger partial charge < -0.3 is 15.1 Å². The first-order valence-corrected chi connectivity index (χ1v) is 7.13. The number of amides is 1. The second kappa shape index (κ2) is 9.34. The molecule has 1 unspecified atom stereocenters. The topological polar surface area (TPSA) is 94.9 Å². The lowest BCUT2D eigenvalue weighted by Crippen LogP contribution is -2.48. The van der Waals surface area contributed by atoms with Crippen molar-refractivity contribution in [1.29, 1.82) is 0 Å². The number of carboxylic acids is 2. The predicted octanol–water partition coefficient (Wildman–Crippen LogP) is 1.98. The van der Waals surface area contributed by atoms with Gasteiger partial charge in [-0.1, -0.05) is 27.2 Å². The zero-order valence-corrected chi connectivity index (χ0v) is 12.5. The summed E-state index contributed by atoms with van der Waals surface area (Å²) in [5.41, 5.74) is 0. The van der Waals surface area contributed by atoms with Crippen LogP contribution in [-0.2, 0) is 14.4 Å². The van der Waals surface area contributed by atoms with Gasteiger partial charge in [-0.05, 0) is 19.3 Å². The highest BCUT2D eigenvalue weighted by Gasteiger charge is 2.32. The molecule has 0 aromatic carbocycles. The minimum absolute atomic E-state index is 0.0539. The van der Waals surface area contributed by atoms with E-state index in [1.54, 1.807) is 0 Å². The summed E-state index contributed by atoms with van der Waals surface area (Å²) in [6.45, 7) is 5.53. The van der Waals surface area contributed by atoms with Gasteiger partial charge in [0.25, 0.3) is 0 Å². The van der Waals surface area contributed by atoms with Gasteiger partial charge in [-0.2, -0.15) is 0 Å². The molecule has 0 spiro atoms. The van der Waals surface area contributed by atoms with Crippen molar-refractivity contribution in [2.75, 3.05) is 6.54 Å². The van der Waals surface area contributed by atoms with Crippen LogP contribution in [0.25, 0.3) is 0 Å². The molecule has 0 heterocycles. The molecule has 0 saturated carbocycles. The van der Waals surface area contributed by atoms with E-state index in [0.717, 1.165) is 0 Å². The minimum Gasteiger partial charge on any atom is -0.481 e. The van der Waals surface area contributed by atoms with Crippen LogP contribution in [0.2, 0.25) is 0 Å². The number of aliphatic carboxylic acids is 2. The van der Waals surface area contributed by atoms with Crippen LogP contribution >= 0.6 is 0 Å². The molecule has 116 valence electrons. The molecule has 0 rings (SSSR count). The van der Waals surface area contributed by atoms with Crippen molar-refractivity contribution in [3.05, 3.63) is 0 Å². The highest BCUT2D eigenvalue weighted by Crippen LogP contribution is 2.17. The fourth-order valence-corrected chi connectivity index (χ4v) is 2.19. The van der Waals surface area contributed by atoms with Crippen molar-refractivity contribution in [1.82, 2.24) is 4.90 Å². The molecule has 0 aromatic heterocycles. The smallest absolute Gasteiger partial charge is 0.326 e. The van der Waals surface area contributed by atoms with E-state index in [0.29, 0.717) is 25.7 Å². The van der Waals surface area contributed by atoms with E-state index in [9.17, 15) is 19.5 Å². The Morgan fingerprint density at radius 3 is 1.95 bits per heavy atom. The summed E-state index contributed by atoms with van der Waals surface area (Å²) in [6.07, 6.45) is 1.96. The SMILES string of the molecule is CCCC(C(=O)O)N(CCC(=O)O)C(=O)C(CC)CC. The van der Waals surface area contributed by atoms with Crippen LogP contribution in [0.3, 0.4) is 0 Å². The third-order valence-corrected chi connectivity index (χ3v) is 3.41. The maximum absolute atomic E-state index is 12.4. The first-order valence-electron chi connectivity index (χ1n) is 7.13. The first kappa shape index (κ1) is 18.4. The standard InChI is InChI=1S/C14H25NO5/c1-4-7-11(14(19)20)15(9-8-12(16)17)13(18)10(5-2)6-3/h10-11H,4-9H2,1-3H3,(H,16,17)(H,19,20). The van der Waals surface area contributed by atoms with Crippen molar-refractivity contribution in [3.8, 4) is 0 Å². The number of hydrogen-bond donors (Lipinski definition) is 2. The number of hydrogen-bond acceptors (Lipinski definition) is 3. The average Bonchev–Trinajstić information content (AvgIpc) is 2.38. The molecule has 0 aromatic rings. The monoisotopic (exact) mass is 287 g/mol. The van der Waals surface area contributed by atoms with Crippen LogP contribution in [0.5, 0.6) is 0 Å². The van der Waals surface area contributed by atoms with Crippen molar-refractivity contribution < 1.29 is 24.6 Å². The Morgan fingerprint density at radius 1 is 1.05 bits per heavy atom. The van der Waals surface area contributed by atoms with E-state index in [1.165, 1.54) is 4.90 Å². The fourth-order valence-electron chi connectivity index (χ4n) is 2.19. The zero-order chi connectivity index (χ0) is 15.7. The number of nitrogens with zero attached hydrogens (tertiary/aromatic N) is 1. The quantitative estimate of drug-likeness (QED) is 0.640.